The van der Waals surface area contributed by atoms with Crippen LogP contribution in [0, 0.1) is 6.92 Å². The molecule has 1 atom stereocenters. The predicted molar refractivity (Wildman–Crippen MR) is 119 cm³/mol. The first kappa shape index (κ1) is 21.1. The van der Waals surface area contributed by atoms with E-state index in [2.05, 4.69) is 31.4 Å². The summed E-state index contributed by atoms with van der Waals surface area (Å²) in [5, 5.41) is 12.6. The number of Topliss-reactive ketones (excluding diaryl/α,β-unsaturated/α-hetero) is 1. The molecular formula is C21H23BrN4O3S. The number of amides is 2. The smallest absolute Gasteiger partial charge is 0.299 e. The van der Waals surface area contributed by atoms with Crippen molar-refractivity contribution in [1.82, 2.24) is 10.2 Å². The second kappa shape index (κ2) is 8.55. The molecule has 158 valence electrons. The summed E-state index contributed by atoms with van der Waals surface area (Å²) < 4.78 is 0.725. The van der Waals surface area contributed by atoms with Gasteiger partial charge in [-0.05, 0) is 43.9 Å². The summed E-state index contributed by atoms with van der Waals surface area (Å²) in [7, 11) is 0. The van der Waals surface area contributed by atoms with Gasteiger partial charge in [0, 0.05) is 10.4 Å². The molecule has 1 N–H and O–H groups in total. The van der Waals surface area contributed by atoms with Crippen LogP contribution in [-0.4, -0.2) is 33.8 Å². The first-order valence-electron chi connectivity index (χ1n) is 10.2. The van der Waals surface area contributed by atoms with E-state index >= 15 is 0 Å². The Balaban J connectivity index is 1.56. The number of nitrogens with zero attached hydrogens (tertiary/aromatic N) is 3. The number of rotatable bonds is 5. The van der Waals surface area contributed by atoms with Crippen LogP contribution in [0.4, 0.5) is 10.8 Å². The van der Waals surface area contributed by atoms with Gasteiger partial charge in [0.15, 0.2) is 0 Å². The third-order valence-corrected chi connectivity index (χ3v) is 7.25. The Bertz CT molecular complexity index is 1020. The zero-order chi connectivity index (χ0) is 21.4. The van der Waals surface area contributed by atoms with Crippen molar-refractivity contribution >= 4 is 55.7 Å². The van der Waals surface area contributed by atoms with E-state index in [1.165, 1.54) is 35.5 Å². The van der Waals surface area contributed by atoms with Crippen molar-refractivity contribution in [3.05, 3.63) is 32.7 Å². The van der Waals surface area contributed by atoms with E-state index in [1.54, 1.807) is 6.07 Å². The lowest BCUT2D eigenvalue weighted by molar-refractivity contribution is -0.121. The minimum Gasteiger partial charge on any atom is -0.299 e. The van der Waals surface area contributed by atoms with Crippen molar-refractivity contribution in [2.24, 2.45) is 0 Å². The summed E-state index contributed by atoms with van der Waals surface area (Å²) in [5.74, 6) is -1.21. The van der Waals surface area contributed by atoms with E-state index in [-0.39, 0.29) is 5.91 Å². The highest BCUT2D eigenvalue weighted by molar-refractivity contribution is 9.10. The van der Waals surface area contributed by atoms with Crippen molar-refractivity contribution < 1.29 is 14.4 Å². The summed E-state index contributed by atoms with van der Waals surface area (Å²) in [5.41, 5.74) is 1.60. The van der Waals surface area contributed by atoms with Crippen LogP contribution in [0.3, 0.4) is 0 Å². The van der Waals surface area contributed by atoms with E-state index in [4.69, 9.17) is 0 Å². The minimum absolute atomic E-state index is 0.327. The second-order valence-corrected chi connectivity index (χ2v) is 9.74. The number of aryl methyl sites for hydroxylation is 1. The zero-order valence-electron chi connectivity index (χ0n) is 16.9. The van der Waals surface area contributed by atoms with Gasteiger partial charge in [-0.2, -0.15) is 0 Å². The zero-order valence-corrected chi connectivity index (χ0v) is 19.3. The molecule has 0 bridgehead atoms. The number of hydrogen-bond donors (Lipinski definition) is 1. The maximum absolute atomic E-state index is 13.1. The first-order valence-corrected chi connectivity index (χ1v) is 11.8. The summed E-state index contributed by atoms with van der Waals surface area (Å²) in [4.78, 5) is 39.7. The first-order chi connectivity index (χ1) is 14.4. The van der Waals surface area contributed by atoms with Gasteiger partial charge in [-0.25, -0.2) is 0 Å². The summed E-state index contributed by atoms with van der Waals surface area (Å²) >= 11 is 4.77. The SMILES string of the molecule is CCC(C(=O)Nc1nnc(C2CCCCC2)s1)N1C(=O)C(=O)c2cc(Br)cc(C)c21. The summed E-state index contributed by atoms with van der Waals surface area (Å²) in [6.45, 7) is 3.65. The van der Waals surface area contributed by atoms with Crippen molar-refractivity contribution in [2.75, 3.05) is 10.2 Å². The minimum atomic E-state index is -0.801. The highest BCUT2D eigenvalue weighted by Crippen LogP contribution is 2.38. The predicted octanol–water partition coefficient (Wildman–Crippen LogP) is 4.60. The average Bonchev–Trinajstić information content (AvgIpc) is 3.28. The Morgan fingerprint density at radius 2 is 2.00 bits per heavy atom. The van der Waals surface area contributed by atoms with Crippen LogP contribution in [-0.2, 0) is 9.59 Å². The number of nitrogens with one attached hydrogen (secondary N) is 1. The molecule has 2 aliphatic rings. The molecule has 1 aromatic heterocycles. The number of halogens is 1. The Morgan fingerprint density at radius 1 is 1.27 bits per heavy atom. The van der Waals surface area contributed by atoms with Crippen molar-refractivity contribution in [1.29, 1.82) is 0 Å². The van der Waals surface area contributed by atoms with Crippen LogP contribution < -0.4 is 10.2 Å². The highest BCUT2D eigenvalue weighted by atomic mass is 79.9. The lowest BCUT2D eigenvalue weighted by atomic mass is 9.90. The highest BCUT2D eigenvalue weighted by Gasteiger charge is 2.43. The number of carbonyl (C=O) groups excluding carboxylic acids is 3. The number of aromatic nitrogens is 2. The average molecular weight is 491 g/mol. The second-order valence-electron chi connectivity index (χ2n) is 7.82. The third-order valence-electron chi connectivity index (χ3n) is 5.79. The summed E-state index contributed by atoms with van der Waals surface area (Å²) in [6.07, 6.45) is 6.24. The van der Waals surface area contributed by atoms with Crippen LogP contribution in [0.2, 0.25) is 0 Å². The molecule has 1 saturated carbocycles. The van der Waals surface area contributed by atoms with Crippen LogP contribution in [0.25, 0.3) is 0 Å². The molecule has 1 unspecified atom stereocenters. The number of carbonyl (C=O) groups is 3. The lowest BCUT2D eigenvalue weighted by Crippen LogP contribution is -2.46. The van der Waals surface area contributed by atoms with Crippen LogP contribution >= 0.6 is 27.3 Å². The Morgan fingerprint density at radius 3 is 2.70 bits per heavy atom. The van der Waals surface area contributed by atoms with Gasteiger partial charge in [-0.1, -0.05) is 53.5 Å². The maximum atomic E-state index is 13.1. The van der Waals surface area contributed by atoms with Gasteiger partial charge in [0.2, 0.25) is 11.0 Å². The Hall–Kier alpha value is -2.13. The molecular weight excluding hydrogens is 468 g/mol. The van der Waals surface area contributed by atoms with Gasteiger partial charge in [0.1, 0.15) is 11.0 Å². The standard InChI is InChI=1S/C21H23BrN4O3S/c1-3-15(26-16-11(2)9-13(22)10-14(16)17(27)20(26)29)18(28)23-21-25-24-19(30-21)12-7-5-4-6-8-12/h9-10,12,15H,3-8H2,1-2H3,(H,23,25,28). The maximum Gasteiger partial charge on any atom is 0.300 e. The van der Waals surface area contributed by atoms with Gasteiger partial charge in [0.25, 0.3) is 11.7 Å². The lowest BCUT2D eigenvalue weighted by Gasteiger charge is -2.26. The fourth-order valence-corrected chi connectivity index (χ4v) is 5.81. The molecule has 0 radical (unpaired) electrons. The van der Waals surface area contributed by atoms with Gasteiger partial charge in [-0.15, -0.1) is 10.2 Å². The molecule has 30 heavy (non-hydrogen) atoms. The molecule has 0 spiro atoms. The van der Waals surface area contributed by atoms with E-state index in [9.17, 15) is 14.4 Å². The number of hydrogen-bond acceptors (Lipinski definition) is 6. The molecule has 2 heterocycles. The quantitative estimate of drug-likeness (QED) is 0.617. The number of benzene rings is 1. The van der Waals surface area contributed by atoms with E-state index in [0.29, 0.717) is 28.7 Å². The third kappa shape index (κ3) is 3.80. The Kier molecular flexibility index (Phi) is 6.02. The number of fused-ring (bicyclic) bond motifs is 1. The molecule has 1 aliphatic carbocycles. The fourth-order valence-electron chi connectivity index (χ4n) is 4.33. The number of ketones is 1. The largest absolute Gasteiger partial charge is 0.300 e. The fraction of sp³-hybridized carbons (Fsp3) is 0.476. The molecule has 1 fully saturated rings. The van der Waals surface area contributed by atoms with Crippen LogP contribution in [0.5, 0.6) is 0 Å². The topological polar surface area (TPSA) is 92.3 Å². The van der Waals surface area contributed by atoms with Gasteiger partial charge in [-0.3, -0.25) is 24.6 Å². The van der Waals surface area contributed by atoms with Crippen molar-refractivity contribution in [3.63, 3.8) is 0 Å². The van der Waals surface area contributed by atoms with Crippen LogP contribution in [0.1, 0.15) is 72.3 Å². The van der Waals surface area contributed by atoms with Gasteiger partial charge < -0.3 is 0 Å². The molecule has 1 aromatic carbocycles. The van der Waals surface area contributed by atoms with E-state index in [0.717, 1.165) is 27.9 Å². The molecule has 9 heteroatoms. The molecule has 0 saturated heterocycles. The molecule has 7 nitrogen and oxygen atoms in total. The van der Waals surface area contributed by atoms with Crippen molar-refractivity contribution in [2.45, 2.75) is 64.3 Å². The van der Waals surface area contributed by atoms with Crippen LogP contribution in [0.15, 0.2) is 16.6 Å². The molecule has 4 rings (SSSR count). The van der Waals surface area contributed by atoms with E-state index < -0.39 is 17.7 Å². The molecule has 2 amide bonds. The molecule has 2 aromatic rings. The van der Waals surface area contributed by atoms with Gasteiger partial charge >= 0.3 is 0 Å². The number of anilines is 2. The normalized spacial score (nSPS) is 17.9. The van der Waals surface area contributed by atoms with E-state index in [1.807, 2.05) is 19.9 Å². The van der Waals surface area contributed by atoms with Gasteiger partial charge in [0.05, 0.1) is 11.3 Å². The van der Waals surface area contributed by atoms with Crippen molar-refractivity contribution in [3.8, 4) is 0 Å². The molecule has 1 aliphatic heterocycles. The Labute approximate surface area is 187 Å². The summed E-state index contributed by atoms with van der Waals surface area (Å²) in [6, 6.07) is 2.67. The monoisotopic (exact) mass is 490 g/mol.